The molecular formula is C48H32N2O. The van der Waals surface area contributed by atoms with Crippen LogP contribution in [0.1, 0.15) is 9.60 Å². The summed E-state index contributed by atoms with van der Waals surface area (Å²) in [5, 5.41) is 2.28. The molecule has 10 aromatic rings. The quantitative estimate of drug-likeness (QED) is 0.177. The van der Waals surface area contributed by atoms with Gasteiger partial charge in [0, 0.05) is 50.3 Å². The molecule has 51 heavy (non-hydrogen) atoms. The number of nitrogens with zero attached hydrogens (tertiary/aromatic N) is 2. The van der Waals surface area contributed by atoms with Crippen LogP contribution in [0.2, 0.25) is 0 Å². The van der Waals surface area contributed by atoms with Crippen LogP contribution in [-0.4, -0.2) is 4.57 Å². The van der Waals surface area contributed by atoms with Crippen LogP contribution in [0.3, 0.4) is 0 Å². The summed E-state index contributed by atoms with van der Waals surface area (Å²) in [4.78, 5) is 1.76. The zero-order valence-electron chi connectivity index (χ0n) is 34.2. The summed E-state index contributed by atoms with van der Waals surface area (Å²) in [5.74, 6) is 0. The third-order valence-electron chi connectivity index (χ3n) is 9.47. The Hall–Kier alpha value is -6.84. The number of benzene rings is 8. The van der Waals surface area contributed by atoms with Gasteiger partial charge in [-0.15, -0.1) is 0 Å². The predicted molar refractivity (Wildman–Crippen MR) is 214 cm³/mol. The van der Waals surface area contributed by atoms with Gasteiger partial charge in [-0.2, -0.15) is 0 Å². The lowest BCUT2D eigenvalue weighted by molar-refractivity contribution is 0.669. The van der Waals surface area contributed by atoms with Gasteiger partial charge >= 0.3 is 0 Å². The maximum absolute atomic E-state index is 9.49. The maximum atomic E-state index is 9.49. The van der Waals surface area contributed by atoms with Crippen LogP contribution in [0.25, 0.3) is 71.7 Å². The molecule has 3 nitrogen and oxygen atoms in total. The molecule has 8 aromatic carbocycles. The predicted octanol–water partition coefficient (Wildman–Crippen LogP) is 13.5. The monoisotopic (exact) mass is 659 g/mol. The van der Waals surface area contributed by atoms with Crippen molar-refractivity contribution in [1.29, 1.82) is 0 Å². The molecule has 0 bridgehead atoms. The molecule has 0 atom stereocenters. The Morgan fingerprint density at radius 3 is 1.78 bits per heavy atom. The van der Waals surface area contributed by atoms with E-state index in [1.807, 2.05) is 97.1 Å². The summed E-state index contributed by atoms with van der Waals surface area (Å²) in [6.07, 6.45) is 0. The van der Waals surface area contributed by atoms with Crippen molar-refractivity contribution in [3.8, 4) is 27.9 Å². The summed E-state index contributed by atoms with van der Waals surface area (Å²) in [5.41, 5.74) is 8.46. The third kappa shape index (κ3) is 4.98. The minimum atomic E-state index is -0.470. The molecule has 0 radical (unpaired) electrons. The maximum Gasteiger partial charge on any atom is 0.137 e. The second-order valence-corrected chi connectivity index (χ2v) is 12.4. The fraction of sp³-hybridized carbons (Fsp3) is 0. The topological polar surface area (TPSA) is 21.3 Å². The van der Waals surface area contributed by atoms with E-state index in [1.54, 1.807) is 4.90 Å². The van der Waals surface area contributed by atoms with Crippen molar-refractivity contribution in [1.82, 2.24) is 4.57 Å². The Morgan fingerprint density at radius 2 is 1.02 bits per heavy atom. The number of hydrogen-bond donors (Lipinski definition) is 0. The lowest BCUT2D eigenvalue weighted by atomic mass is 10.0. The molecule has 2 aromatic heterocycles. The number of fused-ring (bicyclic) bond motifs is 6. The number of anilines is 3. The van der Waals surface area contributed by atoms with Crippen LogP contribution in [0.15, 0.2) is 198 Å². The summed E-state index contributed by atoms with van der Waals surface area (Å²) >= 11 is 0. The average Bonchev–Trinajstić information content (AvgIpc) is 3.84. The van der Waals surface area contributed by atoms with Crippen molar-refractivity contribution in [2.45, 2.75) is 0 Å². The summed E-state index contributed by atoms with van der Waals surface area (Å²) in [6, 6.07) is 48.4. The molecule has 10 rings (SSSR count). The highest BCUT2D eigenvalue weighted by Crippen LogP contribution is 2.40. The molecule has 0 saturated carbocycles. The van der Waals surface area contributed by atoms with Gasteiger partial charge in [-0.1, -0.05) is 115 Å². The number of rotatable bonds is 6. The van der Waals surface area contributed by atoms with E-state index >= 15 is 0 Å². The largest absolute Gasteiger partial charge is 0.456 e. The normalized spacial score (nSPS) is 13.5. The van der Waals surface area contributed by atoms with Gasteiger partial charge in [-0.3, -0.25) is 0 Å². The second kappa shape index (κ2) is 11.9. The average molecular weight is 660 g/mol. The first-order valence-corrected chi connectivity index (χ1v) is 16.8. The van der Waals surface area contributed by atoms with E-state index in [9.17, 15) is 4.11 Å². The number of para-hydroxylation sites is 3. The Balaban J connectivity index is 1.14. The lowest BCUT2D eigenvalue weighted by Crippen LogP contribution is -2.09. The molecule has 0 aliphatic rings. The van der Waals surface area contributed by atoms with Crippen LogP contribution >= 0.6 is 0 Å². The molecule has 3 heteroatoms. The first kappa shape index (κ1) is 22.7. The smallest absolute Gasteiger partial charge is 0.137 e. The molecule has 0 saturated heterocycles. The minimum Gasteiger partial charge on any atom is -0.456 e. The Labute approximate surface area is 305 Å². The van der Waals surface area contributed by atoms with Crippen molar-refractivity contribution in [3.05, 3.63) is 194 Å². The Kier molecular flexibility index (Phi) is 5.32. The Bertz CT molecular complexity index is 3230. The van der Waals surface area contributed by atoms with Crippen LogP contribution in [-0.2, 0) is 0 Å². The lowest BCUT2D eigenvalue weighted by Gasteiger charge is -2.26. The van der Waals surface area contributed by atoms with Crippen molar-refractivity contribution < 1.29 is 14.0 Å². The Morgan fingerprint density at radius 1 is 0.431 bits per heavy atom. The summed E-state index contributed by atoms with van der Waals surface area (Å²) in [6.45, 7) is 0. The molecule has 240 valence electrons. The zero-order chi connectivity index (χ0) is 39.8. The van der Waals surface area contributed by atoms with Crippen LogP contribution in [0.4, 0.5) is 17.1 Å². The van der Waals surface area contributed by atoms with Crippen LogP contribution in [0, 0.1) is 0 Å². The highest BCUT2D eigenvalue weighted by Gasteiger charge is 2.17. The van der Waals surface area contributed by atoms with Crippen molar-refractivity contribution in [2.75, 3.05) is 4.90 Å². The van der Waals surface area contributed by atoms with E-state index in [2.05, 4.69) is 59.2 Å². The van der Waals surface area contributed by atoms with Gasteiger partial charge < -0.3 is 13.9 Å². The number of aromatic nitrogens is 1. The first-order valence-electron chi connectivity index (χ1n) is 20.3. The van der Waals surface area contributed by atoms with Gasteiger partial charge in [-0.05, 0) is 95.0 Å². The minimum absolute atomic E-state index is 0.00785. The van der Waals surface area contributed by atoms with Crippen molar-refractivity contribution in [3.63, 3.8) is 0 Å². The van der Waals surface area contributed by atoms with Crippen molar-refractivity contribution in [2.24, 2.45) is 0 Å². The zero-order valence-corrected chi connectivity index (χ0v) is 27.2. The van der Waals surface area contributed by atoms with Gasteiger partial charge in [0.1, 0.15) is 11.2 Å². The molecule has 0 aliphatic carbocycles. The SMILES string of the molecule is [2H]c1c([2H])c([2H])c2c(oc3c([2H])c(N(c4ccc(-c5ccccc5)cc4)c4ccc(-c5ccc6c(c5)c5ccccc5n6-c5ccccc5)cc4)c([2H])c([2H])c32)c1[2H]. The summed E-state index contributed by atoms with van der Waals surface area (Å²) < 4.78 is 69.9. The van der Waals surface area contributed by atoms with Gasteiger partial charge in [0.2, 0.25) is 0 Å². The fourth-order valence-corrected chi connectivity index (χ4v) is 7.05. The van der Waals surface area contributed by atoms with E-state index in [4.69, 9.17) is 9.90 Å². The van der Waals surface area contributed by atoms with E-state index in [-0.39, 0.29) is 51.8 Å². The second-order valence-electron chi connectivity index (χ2n) is 12.4. The highest BCUT2D eigenvalue weighted by atomic mass is 16.3. The molecule has 0 aliphatic heterocycles. The standard InChI is InChI=1S/C48H32N2O/c1-3-11-33(12-4-1)34-19-24-38(25-20-34)49(40-28-29-43-42-16-8-10-18-47(42)51-48(43)32-40)39-26-21-35(22-27-39)36-23-30-46-44(31-36)41-15-7-9-17-45(41)50(46)37-13-5-2-6-14-37/h1-32H/i8D,10D,16D,18D,28D,29D,32D. The third-order valence-corrected chi connectivity index (χ3v) is 9.47. The highest BCUT2D eigenvalue weighted by molar-refractivity contribution is 6.10. The molecule has 2 heterocycles. The molecule has 0 spiro atoms. The molecule has 0 unspecified atom stereocenters. The van der Waals surface area contributed by atoms with E-state index in [0.717, 1.165) is 49.7 Å². The summed E-state index contributed by atoms with van der Waals surface area (Å²) in [7, 11) is 0. The van der Waals surface area contributed by atoms with Crippen LogP contribution in [0.5, 0.6) is 0 Å². The van der Waals surface area contributed by atoms with E-state index in [1.165, 1.54) is 0 Å². The van der Waals surface area contributed by atoms with E-state index < -0.39 is 18.1 Å². The van der Waals surface area contributed by atoms with Gasteiger partial charge in [0.05, 0.1) is 20.6 Å². The molecular weight excluding hydrogens is 621 g/mol. The number of hydrogen-bond acceptors (Lipinski definition) is 2. The number of furan rings is 1. The molecule has 0 fully saturated rings. The van der Waals surface area contributed by atoms with Gasteiger partial charge in [-0.25, -0.2) is 0 Å². The van der Waals surface area contributed by atoms with Crippen molar-refractivity contribution >= 4 is 60.8 Å². The molecule has 0 amide bonds. The fourth-order valence-electron chi connectivity index (χ4n) is 7.05. The van der Waals surface area contributed by atoms with E-state index in [0.29, 0.717) is 11.4 Å². The first-order chi connectivity index (χ1) is 28.2. The van der Waals surface area contributed by atoms with Gasteiger partial charge in [0.15, 0.2) is 0 Å². The van der Waals surface area contributed by atoms with Crippen LogP contribution < -0.4 is 4.90 Å². The molecule has 0 N–H and O–H groups in total. The van der Waals surface area contributed by atoms with Gasteiger partial charge in [0.25, 0.3) is 0 Å².